The molecule has 4 aliphatic rings. The SMILES string of the molecule is CC(C)c1noc(N2CCC(COc3ccc(C4=CCC(C(=O)N5CCC6(CCc7ccccc76)CC5)CC4)cc3)CC2)n1. The van der Waals surface area contributed by atoms with Gasteiger partial charge in [0, 0.05) is 38.0 Å². The molecule has 3 aromatic rings. The van der Waals surface area contributed by atoms with Crippen molar-refractivity contribution < 1.29 is 14.1 Å². The van der Waals surface area contributed by atoms with Crippen LogP contribution in [-0.4, -0.2) is 53.7 Å². The zero-order chi connectivity index (χ0) is 30.1. The first kappa shape index (κ1) is 29.1. The van der Waals surface area contributed by atoms with Crippen LogP contribution in [-0.2, 0) is 16.6 Å². The average molecular weight is 595 g/mol. The molecule has 2 aliphatic carbocycles. The number of aryl methyl sites for hydroxylation is 1. The lowest BCUT2D eigenvalue weighted by molar-refractivity contribution is -0.137. The van der Waals surface area contributed by atoms with Gasteiger partial charge in [-0.05, 0) is 104 Å². The number of piperidine rings is 2. The number of carbonyl (C=O) groups excluding carboxylic acids is 1. The number of allylic oxidation sites excluding steroid dienone is 2. The molecule has 0 bridgehead atoms. The van der Waals surface area contributed by atoms with Crippen molar-refractivity contribution in [2.45, 2.75) is 83.0 Å². The summed E-state index contributed by atoms with van der Waals surface area (Å²) in [6.07, 6.45) is 11.8. The number of hydrogen-bond acceptors (Lipinski definition) is 6. The van der Waals surface area contributed by atoms with E-state index in [1.165, 1.54) is 29.5 Å². The molecule has 7 heteroatoms. The summed E-state index contributed by atoms with van der Waals surface area (Å²) in [5.74, 6) is 2.98. The van der Waals surface area contributed by atoms with Crippen molar-refractivity contribution >= 4 is 17.5 Å². The highest BCUT2D eigenvalue weighted by atomic mass is 16.5. The van der Waals surface area contributed by atoms with Crippen LogP contribution in [0.25, 0.3) is 5.57 Å². The molecule has 1 unspecified atom stereocenters. The molecule has 2 saturated heterocycles. The number of fused-ring (bicyclic) bond motifs is 2. The monoisotopic (exact) mass is 594 g/mol. The summed E-state index contributed by atoms with van der Waals surface area (Å²) in [7, 11) is 0. The van der Waals surface area contributed by atoms with Gasteiger partial charge in [-0.15, -0.1) is 0 Å². The number of carbonyl (C=O) groups is 1. The van der Waals surface area contributed by atoms with Crippen molar-refractivity contribution in [3.63, 3.8) is 0 Å². The molecular weight excluding hydrogens is 548 g/mol. The predicted molar refractivity (Wildman–Crippen MR) is 173 cm³/mol. The smallest absolute Gasteiger partial charge is 0.324 e. The summed E-state index contributed by atoms with van der Waals surface area (Å²) in [5.41, 5.74) is 5.98. The lowest BCUT2D eigenvalue weighted by atomic mass is 9.73. The van der Waals surface area contributed by atoms with Gasteiger partial charge in [-0.3, -0.25) is 4.79 Å². The summed E-state index contributed by atoms with van der Waals surface area (Å²) in [5, 5.41) is 4.10. The molecule has 2 aromatic carbocycles. The lowest BCUT2D eigenvalue weighted by Crippen LogP contribution is -2.46. The van der Waals surface area contributed by atoms with Gasteiger partial charge in [-0.25, -0.2) is 0 Å². The van der Waals surface area contributed by atoms with Gasteiger partial charge in [0.25, 0.3) is 0 Å². The van der Waals surface area contributed by atoms with Crippen LogP contribution in [0, 0.1) is 11.8 Å². The van der Waals surface area contributed by atoms with Crippen molar-refractivity contribution in [2.75, 3.05) is 37.7 Å². The van der Waals surface area contributed by atoms with Crippen LogP contribution >= 0.6 is 0 Å². The maximum atomic E-state index is 13.5. The maximum absolute atomic E-state index is 13.5. The van der Waals surface area contributed by atoms with Gasteiger partial charge in [-0.2, -0.15) is 4.98 Å². The van der Waals surface area contributed by atoms with E-state index >= 15 is 0 Å². The second kappa shape index (κ2) is 12.4. The number of rotatable bonds is 7. The Morgan fingerprint density at radius 3 is 2.45 bits per heavy atom. The van der Waals surface area contributed by atoms with Gasteiger partial charge in [-0.1, -0.05) is 61.5 Å². The van der Waals surface area contributed by atoms with E-state index in [0.29, 0.717) is 23.3 Å². The highest BCUT2D eigenvalue weighted by Crippen LogP contribution is 2.46. The minimum absolute atomic E-state index is 0.120. The largest absolute Gasteiger partial charge is 0.493 e. The standard InChI is InChI=1S/C37H46N4O3/c1-26(2)34-38-36(44-39-34)41-21-16-27(17-22-41)25-43-32-13-11-29(12-14-32)28-7-9-31(10-8-28)35(42)40-23-19-37(20-24-40)18-15-30-5-3-4-6-33(30)37/h3-7,11-14,26-27,31H,8-10,15-25H2,1-2H3. The van der Waals surface area contributed by atoms with Crippen molar-refractivity contribution in [1.82, 2.24) is 15.0 Å². The van der Waals surface area contributed by atoms with Crippen molar-refractivity contribution in [3.8, 4) is 5.75 Å². The topological polar surface area (TPSA) is 71.7 Å². The molecule has 1 atom stereocenters. The van der Waals surface area contributed by atoms with Crippen LogP contribution in [0.3, 0.4) is 0 Å². The molecule has 0 saturated carbocycles. The molecule has 3 heterocycles. The summed E-state index contributed by atoms with van der Waals surface area (Å²) in [4.78, 5) is 22.4. The quantitative estimate of drug-likeness (QED) is 0.289. The molecule has 0 N–H and O–H groups in total. The molecule has 2 aliphatic heterocycles. The normalized spacial score (nSPS) is 21.9. The van der Waals surface area contributed by atoms with Crippen molar-refractivity contribution in [1.29, 1.82) is 0 Å². The molecule has 232 valence electrons. The first-order valence-corrected chi connectivity index (χ1v) is 16.9. The lowest BCUT2D eigenvalue weighted by Gasteiger charge is -2.41. The van der Waals surface area contributed by atoms with E-state index in [0.717, 1.165) is 89.3 Å². The summed E-state index contributed by atoms with van der Waals surface area (Å²) in [6, 6.07) is 18.2. The number of nitrogens with zero attached hydrogens (tertiary/aromatic N) is 4. The fourth-order valence-electron chi connectivity index (χ4n) is 7.88. The molecule has 7 rings (SSSR count). The van der Waals surface area contributed by atoms with Gasteiger partial charge in [0.15, 0.2) is 5.82 Å². The van der Waals surface area contributed by atoms with Crippen molar-refractivity contribution in [2.24, 2.45) is 11.8 Å². The van der Waals surface area contributed by atoms with Crippen LogP contribution < -0.4 is 9.64 Å². The number of anilines is 1. The number of ether oxygens (including phenoxy) is 1. The number of hydrogen-bond donors (Lipinski definition) is 0. The third kappa shape index (κ3) is 5.90. The van der Waals surface area contributed by atoms with E-state index in [-0.39, 0.29) is 11.8 Å². The van der Waals surface area contributed by atoms with Gasteiger partial charge in [0.1, 0.15) is 5.75 Å². The third-order valence-electron chi connectivity index (χ3n) is 10.8. The predicted octanol–water partition coefficient (Wildman–Crippen LogP) is 7.18. The second-order valence-electron chi connectivity index (χ2n) is 13.8. The minimum atomic E-state index is 0.120. The highest BCUT2D eigenvalue weighted by molar-refractivity contribution is 5.81. The minimum Gasteiger partial charge on any atom is -0.493 e. The Bertz CT molecular complexity index is 1480. The Morgan fingerprint density at radius 1 is 0.977 bits per heavy atom. The Hall–Kier alpha value is -3.61. The van der Waals surface area contributed by atoms with Crippen molar-refractivity contribution in [3.05, 3.63) is 77.1 Å². The van der Waals surface area contributed by atoms with Crippen LogP contribution in [0.5, 0.6) is 5.75 Å². The van der Waals surface area contributed by atoms with Gasteiger partial charge in [0.2, 0.25) is 5.91 Å². The van der Waals surface area contributed by atoms with Gasteiger partial charge < -0.3 is 19.1 Å². The number of amides is 1. The van der Waals surface area contributed by atoms with E-state index < -0.39 is 0 Å². The fourth-order valence-corrected chi connectivity index (χ4v) is 7.88. The molecule has 1 aromatic heterocycles. The second-order valence-corrected chi connectivity index (χ2v) is 13.8. The molecule has 1 spiro atoms. The third-order valence-corrected chi connectivity index (χ3v) is 10.8. The zero-order valence-corrected chi connectivity index (χ0v) is 26.3. The first-order valence-electron chi connectivity index (χ1n) is 16.9. The summed E-state index contributed by atoms with van der Waals surface area (Å²) >= 11 is 0. The first-order chi connectivity index (χ1) is 21.5. The van der Waals surface area contributed by atoms with Crippen LogP contribution in [0.15, 0.2) is 59.1 Å². The molecule has 7 nitrogen and oxygen atoms in total. The van der Waals surface area contributed by atoms with E-state index in [1.54, 1.807) is 5.56 Å². The van der Waals surface area contributed by atoms with E-state index in [9.17, 15) is 4.79 Å². The number of likely N-dealkylation sites (tertiary alicyclic amines) is 1. The number of benzene rings is 2. The van der Waals surface area contributed by atoms with E-state index in [2.05, 4.69) is 88.4 Å². The van der Waals surface area contributed by atoms with E-state index in [4.69, 9.17) is 9.26 Å². The molecule has 1 amide bonds. The average Bonchev–Trinajstić information content (AvgIpc) is 3.71. The maximum Gasteiger partial charge on any atom is 0.324 e. The Labute approximate surface area is 261 Å². The van der Waals surface area contributed by atoms with Crippen LogP contribution in [0.2, 0.25) is 0 Å². The summed E-state index contributed by atoms with van der Waals surface area (Å²) in [6.45, 7) is 8.51. The highest BCUT2D eigenvalue weighted by Gasteiger charge is 2.42. The van der Waals surface area contributed by atoms with Crippen LogP contribution in [0.4, 0.5) is 6.01 Å². The Kier molecular flexibility index (Phi) is 8.21. The Balaban J connectivity index is 0.859. The zero-order valence-electron chi connectivity index (χ0n) is 26.3. The Morgan fingerprint density at radius 2 is 1.75 bits per heavy atom. The van der Waals surface area contributed by atoms with Gasteiger partial charge in [0.05, 0.1) is 6.61 Å². The summed E-state index contributed by atoms with van der Waals surface area (Å²) < 4.78 is 11.7. The van der Waals surface area contributed by atoms with E-state index in [1.807, 2.05) is 0 Å². The number of aromatic nitrogens is 2. The molecule has 0 radical (unpaired) electrons. The van der Waals surface area contributed by atoms with Crippen LogP contribution in [0.1, 0.15) is 93.6 Å². The molecular formula is C37H46N4O3. The molecule has 44 heavy (non-hydrogen) atoms. The van der Waals surface area contributed by atoms with Gasteiger partial charge >= 0.3 is 6.01 Å². The fraction of sp³-hybridized carbons (Fsp3) is 0.541. The molecule has 2 fully saturated rings.